The molecule has 6 unspecified atom stereocenters. The van der Waals surface area contributed by atoms with Gasteiger partial charge in [-0.25, -0.2) is 0 Å². The van der Waals surface area contributed by atoms with Gasteiger partial charge < -0.3 is 145 Å². The zero-order valence-electron chi connectivity index (χ0n) is 53.9. The molecule has 3 aliphatic heterocycles. The summed E-state index contributed by atoms with van der Waals surface area (Å²) in [6, 6.07) is -6.26. The summed E-state index contributed by atoms with van der Waals surface area (Å²) in [5.74, 6) is -5.62. The van der Waals surface area contributed by atoms with Crippen molar-refractivity contribution in [2.75, 3.05) is 98.9 Å². The Morgan fingerprint density at radius 2 is 0.863 bits per heavy atom. The van der Waals surface area contributed by atoms with Crippen molar-refractivity contribution in [1.29, 1.82) is 0 Å². The van der Waals surface area contributed by atoms with Gasteiger partial charge in [0.25, 0.3) is 0 Å². The quantitative estimate of drug-likeness (QED) is 0.0199. The highest BCUT2D eigenvalue weighted by molar-refractivity contribution is 8.06. The lowest BCUT2D eigenvalue weighted by Gasteiger charge is -2.42. The minimum absolute atomic E-state index is 0.0306. The number of aliphatic hydroxyl groups is 9. The van der Waals surface area contributed by atoms with E-state index >= 15 is 0 Å². The average Bonchev–Trinajstić information content (AvgIpc) is 0.828. The molecule has 4 rings (SSSR count). The summed E-state index contributed by atoms with van der Waals surface area (Å²) in [5, 5.41) is 112. The number of rotatable bonds is 42. The Bertz CT molecular complexity index is 2430. The molecule has 0 aromatic carbocycles. The van der Waals surface area contributed by atoms with Gasteiger partial charge in [0, 0.05) is 59.2 Å². The van der Waals surface area contributed by atoms with Gasteiger partial charge in [-0.2, -0.15) is 0 Å². The Hall–Kier alpha value is -4.43. The largest absolute Gasteiger partial charge is 0.780 e. The van der Waals surface area contributed by atoms with E-state index in [-0.39, 0.29) is 124 Å². The summed E-state index contributed by atoms with van der Waals surface area (Å²) in [6.07, 6.45) is -17.9. The molecule has 39 heteroatoms. The van der Waals surface area contributed by atoms with Gasteiger partial charge in [0.15, 0.2) is 18.9 Å². The topological polar surface area (TPSA) is 539 Å². The minimum Gasteiger partial charge on any atom is -0.780 e. The molecular formula is C56H98N8O29PS-. The molecule has 18 atom stereocenters. The van der Waals surface area contributed by atoms with Gasteiger partial charge in [-0.3, -0.25) is 38.4 Å². The second kappa shape index (κ2) is 43.2. The van der Waals surface area contributed by atoms with Crippen molar-refractivity contribution >= 4 is 65.8 Å². The predicted molar refractivity (Wildman–Crippen MR) is 325 cm³/mol. The van der Waals surface area contributed by atoms with Gasteiger partial charge in [-0.15, -0.1) is 0 Å². The van der Waals surface area contributed by atoms with Crippen molar-refractivity contribution in [1.82, 2.24) is 42.5 Å². The summed E-state index contributed by atoms with van der Waals surface area (Å²) in [5.41, 5.74) is 0. The third-order valence-corrected chi connectivity index (χ3v) is 17.0. The lowest BCUT2D eigenvalue weighted by molar-refractivity contribution is -0.272. The Morgan fingerprint density at radius 3 is 1.22 bits per heavy atom. The van der Waals surface area contributed by atoms with Crippen molar-refractivity contribution in [2.45, 2.75) is 202 Å². The third-order valence-electron chi connectivity index (χ3n) is 15.2. The van der Waals surface area contributed by atoms with Gasteiger partial charge in [-0.1, -0.05) is 11.8 Å². The molecule has 0 bridgehead atoms. The molecule has 1 aliphatic carbocycles. The highest BCUT2D eigenvalue weighted by Gasteiger charge is 2.48. The summed E-state index contributed by atoms with van der Waals surface area (Å²) in [7, 11) is 0. The number of hydrogen-bond acceptors (Lipinski definition) is 30. The van der Waals surface area contributed by atoms with Crippen molar-refractivity contribution in [3.05, 3.63) is 0 Å². The molecule has 548 valence electrons. The molecule has 95 heavy (non-hydrogen) atoms. The van der Waals surface area contributed by atoms with Crippen LogP contribution in [0, 0.1) is 5.92 Å². The smallest absolute Gasteiger partial charge is 0.242 e. The van der Waals surface area contributed by atoms with Crippen LogP contribution in [0.3, 0.4) is 0 Å². The van der Waals surface area contributed by atoms with Gasteiger partial charge >= 0.3 is 0 Å². The Labute approximate surface area is 554 Å². The lowest BCUT2D eigenvalue weighted by atomic mass is 9.86. The van der Waals surface area contributed by atoms with Crippen LogP contribution in [-0.4, -0.2) is 308 Å². The van der Waals surface area contributed by atoms with Crippen LogP contribution in [0.2, 0.25) is 0 Å². The van der Waals surface area contributed by atoms with Crippen LogP contribution in [0.4, 0.5) is 0 Å². The average molecular weight is 1410 g/mol. The monoisotopic (exact) mass is 1410 g/mol. The Morgan fingerprint density at radius 1 is 0.505 bits per heavy atom. The third kappa shape index (κ3) is 29.1. The van der Waals surface area contributed by atoms with Crippen LogP contribution >= 0.6 is 6.72 Å². The summed E-state index contributed by atoms with van der Waals surface area (Å²) >= 11 is 5.04. The first-order valence-electron chi connectivity index (χ1n) is 31.5. The van der Waals surface area contributed by atoms with Crippen molar-refractivity contribution in [3.8, 4) is 0 Å². The maximum Gasteiger partial charge on any atom is 0.242 e. The fourth-order valence-corrected chi connectivity index (χ4v) is 12.5. The normalized spacial score (nSPS) is 29.8. The second-order valence-corrected chi connectivity index (χ2v) is 25.8. The lowest BCUT2D eigenvalue weighted by Crippen LogP contribution is -2.64. The number of nitrogens with one attached hydrogen (secondary N) is 8. The minimum atomic E-state index is -3.82. The van der Waals surface area contributed by atoms with Crippen LogP contribution in [0.25, 0.3) is 0 Å². The number of amides is 8. The molecule has 8 amide bonds. The molecule has 0 aromatic heterocycles. The van der Waals surface area contributed by atoms with Crippen molar-refractivity contribution in [3.63, 3.8) is 0 Å². The van der Waals surface area contributed by atoms with Crippen LogP contribution in [0.5, 0.6) is 0 Å². The zero-order chi connectivity index (χ0) is 70.4. The van der Waals surface area contributed by atoms with E-state index in [1.165, 1.54) is 20.8 Å². The van der Waals surface area contributed by atoms with E-state index < -0.39 is 202 Å². The molecule has 3 saturated heterocycles. The molecule has 1 saturated carbocycles. The molecule has 0 spiro atoms. The highest BCUT2D eigenvalue weighted by atomic mass is 32.5. The summed E-state index contributed by atoms with van der Waals surface area (Å²) in [6.45, 7) is -0.263. The number of ether oxygens (including phenoxy) is 9. The molecule has 3 heterocycles. The molecule has 0 radical (unpaired) electrons. The van der Waals surface area contributed by atoms with Crippen LogP contribution in [-0.2, 0) is 102 Å². The molecule has 37 nitrogen and oxygen atoms in total. The summed E-state index contributed by atoms with van der Waals surface area (Å²) < 4.78 is 61.1. The SMILES string of the molecule is CC(=O)N[C@H]1C(OCCOCCNC(=O)CCC(NC(=O)CCC(NC(=O)C2CCC(OP([O-])(=S)OC(C)C)CC2)C(=O)NCCOCCOC2O[C@H](CO)[C@H](O)[C@H](O)[C@H]2NC(C)=O)C(=O)NCCOCCOC2O[C@H](CO)[C@H](O)[C@H](O)[C@H]2NC(C)=O)O[C@H](CO)[C@H](O)[C@@H]1O. The molecule has 4 aliphatic rings. The first kappa shape index (κ1) is 83.0. The zero-order valence-corrected chi connectivity index (χ0v) is 55.6. The van der Waals surface area contributed by atoms with Gasteiger partial charge in [0.05, 0.1) is 91.5 Å². The first-order valence-corrected chi connectivity index (χ1v) is 34.0. The number of carbonyl (C=O) groups is 8. The highest BCUT2D eigenvalue weighted by Crippen LogP contribution is 2.45. The van der Waals surface area contributed by atoms with E-state index in [2.05, 4.69) is 42.5 Å². The number of carbonyl (C=O) groups excluding carboxylic acids is 8. The van der Waals surface area contributed by atoms with Crippen molar-refractivity contribution in [2.24, 2.45) is 5.92 Å². The Kier molecular flexibility index (Phi) is 37.7. The second-order valence-electron chi connectivity index (χ2n) is 23.1. The van der Waals surface area contributed by atoms with Crippen LogP contribution in [0.1, 0.15) is 86.0 Å². The predicted octanol–water partition coefficient (Wildman–Crippen LogP) is -8.62. The fourth-order valence-electron chi connectivity index (χ4n) is 10.4. The molecule has 4 fully saturated rings. The Balaban J connectivity index is 1.37. The maximum absolute atomic E-state index is 13.9. The van der Waals surface area contributed by atoms with Gasteiger partial charge in [0.1, 0.15) is 91.9 Å². The standard InChI is InChI=1S/C56H99N8O29PS/c1-29(2)92-94(82,95)93-34-8-6-33(7-9-34)51(79)64-36(53(81)59-16-19-85-22-25-88-56-44(62-32(5)70)50(78)47(75)39(28-67)91-56)11-13-41(72)63-35(52(80)58-15-18-84-21-24-87-55-43(61-31(4)69)49(77)46(74)38(27-66)90-55)10-12-40(71)57-14-17-83-20-23-86-54-42(60-30(3)68)48(76)45(73)37(26-65)89-54/h29,33-39,42-50,54-56,65-67,73-78H,6-28H2,1-5H3,(H,57,71)(H,58,80)(H,59,81)(H,60,68)(H,61,69)(H,62,70)(H,63,72)(H,64,79)(H,82,95)/p-1/t33?,34?,35?,36?,37-,38-,39-,42-,43-,44-,45+,46+,47+,48-,49-,50-,54?,55?,56?,94?/m1/s1. The van der Waals surface area contributed by atoms with Crippen molar-refractivity contribution < 1.29 is 141 Å². The first-order chi connectivity index (χ1) is 45.1. The molecular weight excluding hydrogens is 1310 g/mol. The number of hydrogen-bond donors (Lipinski definition) is 17. The molecule has 17 N–H and O–H groups in total. The maximum atomic E-state index is 13.9. The van der Waals surface area contributed by atoms with Crippen LogP contribution < -0.4 is 47.4 Å². The van der Waals surface area contributed by atoms with Crippen LogP contribution in [0.15, 0.2) is 0 Å². The fraction of sp³-hybridized carbons (Fsp3) is 0.857. The summed E-state index contributed by atoms with van der Waals surface area (Å²) in [4.78, 5) is 117. The van der Waals surface area contributed by atoms with Gasteiger partial charge in [-0.05, 0) is 52.4 Å². The van der Waals surface area contributed by atoms with Gasteiger partial charge in [0.2, 0.25) is 47.3 Å². The van der Waals surface area contributed by atoms with E-state index in [1.54, 1.807) is 13.8 Å². The van der Waals surface area contributed by atoms with E-state index in [4.69, 9.17) is 63.5 Å². The van der Waals surface area contributed by atoms with E-state index in [9.17, 15) is 89.2 Å². The van der Waals surface area contributed by atoms with E-state index in [0.29, 0.717) is 0 Å². The van der Waals surface area contributed by atoms with E-state index in [1.807, 2.05) is 0 Å². The molecule has 0 aromatic rings. The number of aliphatic hydroxyl groups excluding tert-OH is 9. The van der Waals surface area contributed by atoms with E-state index in [0.717, 1.165) is 0 Å².